The zero-order valence-electron chi connectivity index (χ0n) is 12.6. The van der Waals surface area contributed by atoms with Crippen LogP contribution in [0.3, 0.4) is 0 Å². The van der Waals surface area contributed by atoms with E-state index in [-0.39, 0.29) is 0 Å². The first-order valence-corrected chi connectivity index (χ1v) is 7.19. The molecule has 0 radical (unpaired) electrons. The van der Waals surface area contributed by atoms with Crippen LogP contribution in [-0.4, -0.2) is 55.6 Å². The minimum atomic E-state index is -0.400. The molecule has 0 spiro atoms. The first kappa shape index (κ1) is 15.1. The highest BCUT2D eigenvalue weighted by atomic mass is 16.5. The maximum atomic E-state index is 11.6. The van der Waals surface area contributed by atoms with Gasteiger partial charge in [-0.2, -0.15) is 0 Å². The van der Waals surface area contributed by atoms with Crippen molar-refractivity contribution >= 4 is 5.97 Å². The van der Waals surface area contributed by atoms with Gasteiger partial charge >= 0.3 is 5.97 Å². The number of carbonyl (C=O) groups excluding carboxylic acids is 1. The molecule has 0 aromatic carbocycles. The van der Waals surface area contributed by atoms with Crippen molar-refractivity contribution in [3.8, 4) is 0 Å². The Labute approximate surface area is 120 Å². The summed E-state index contributed by atoms with van der Waals surface area (Å²) in [7, 11) is 1.37. The van der Waals surface area contributed by atoms with Crippen LogP contribution in [0.1, 0.15) is 30.0 Å². The lowest BCUT2D eigenvalue weighted by Gasteiger charge is -2.35. The summed E-state index contributed by atoms with van der Waals surface area (Å²) in [5.41, 5.74) is 0.911. The van der Waals surface area contributed by atoms with Crippen molar-refractivity contribution < 1.29 is 13.9 Å². The number of esters is 1. The first-order chi connectivity index (χ1) is 9.60. The van der Waals surface area contributed by atoms with Crippen molar-refractivity contribution in [2.75, 3.05) is 39.8 Å². The number of ether oxygens (including phenoxy) is 1. The maximum Gasteiger partial charge on any atom is 0.374 e. The van der Waals surface area contributed by atoms with Gasteiger partial charge in [0, 0.05) is 44.8 Å². The minimum absolute atomic E-state index is 0.331. The SMILES string of the molecule is COC(=O)c1occc1CN1CCN(CC(C)C)CC1. The van der Waals surface area contributed by atoms with E-state index in [1.807, 2.05) is 6.07 Å². The zero-order chi connectivity index (χ0) is 14.5. The van der Waals surface area contributed by atoms with Crippen LogP contribution < -0.4 is 0 Å². The predicted octanol–water partition coefficient (Wildman–Crippen LogP) is 1.84. The van der Waals surface area contributed by atoms with Crippen LogP contribution >= 0.6 is 0 Å². The van der Waals surface area contributed by atoms with Crippen LogP contribution in [0.15, 0.2) is 16.7 Å². The molecule has 112 valence electrons. The van der Waals surface area contributed by atoms with Crippen molar-refractivity contribution in [2.24, 2.45) is 5.92 Å². The van der Waals surface area contributed by atoms with Crippen molar-refractivity contribution in [3.05, 3.63) is 23.7 Å². The molecule has 0 amide bonds. The Balaban J connectivity index is 1.87. The molecule has 1 aromatic rings. The monoisotopic (exact) mass is 280 g/mol. The van der Waals surface area contributed by atoms with Gasteiger partial charge in [0.05, 0.1) is 13.4 Å². The summed E-state index contributed by atoms with van der Waals surface area (Å²) in [4.78, 5) is 16.4. The fourth-order valence-corrected chi connectivity index (χ4v) is 2.62. The van der Waals surface area contributed by atoms with Gasteiger partial charge in [-0.15, -0.1) is 0 Å². The molecule has 1 fully saturated rings. The van der Waals surface area contributed by atoms with Gasteiger partial charge in [0.2, 0.25) is 5.76 Å². The highest BCUT2D eigenvalue weighted by Crippen LogP contribution is 2.16. The molecule has 0 unspecified atom stereocenters. The molecule has 1 saturated heterocycles. The minimum Gasteiger partial charge on any atom is -0.463 e. The van der Waals surface area contributed by atoms with E-state index in [4.69, 9.17) is 9.15 Å². The smallest absolute Gasteiger partial charge is 0.374 e. The van der Waals surface area contributed by atoms with Gasteiger partial charge in [-0.1, -0.05) is 13.8 Å². The topological polar surface area (TPSA) is 45.9 Å². The van der Waals surface area contributed by atoms with Crippen LogP contribution in [0.2, 0.25) is 0 Å². The van der Waals surface area contributed by atoms with Crippen molar-refractivity contribution in [3.63, 3.8) is 0 Å². The lowest BCUT2D eigenvalue weighted by molar-refractivity contribution is 0.0559. The number of hydrogen-bond donors (Lipinski definition) is 0. The summed E-state index contributed by atoms with van der Waals surface area (Å²) in [6.07, 6.45) is 1.55. The summed E-state index contributed by atoms with van der Waals surface area (Å²) in [6, 6.07) is 1.85. The summed E-state index contributed by atoms with van der Waals surface area (Å²) >= 11 is 0. The Hall–Kier alpha value is -1.33. The third-order valence-corrected chi connectivity index (χ3v) is 3.60. The zero-order valence-corrected chi connectivity index (χ0v) is 12.6. The van der Waals surface area contributed by atoms with Gasteiger partial charge in [-0.05, 0) is 12.0 Å². The lowest BCUT2D eigenvalue weighted by Crippen LogP contribution is -2.46. The molecule has 1 aromatic heterocycles. The highest BCUT2D eigenvalue weighted by molar-refractivity contribution is 5.87. The second-order valence-electron chi connectivity index (χ2n) is 5.74. The molecule has 20 heavy (non-hydrogen) atoms. The third kappa shape index (κ3) is 3.84. The molecule has 0 aliphatic carbocycles. The van der Waals surface area contributed by atoms with E-state index in [1.54, 1.807) is 6.26 Å². The molecule has 1 aliphatic rings. The molecule has 0 atom stereocenters. The normalized spacial score (nSPS) is 17.6. The average molecular weight is 280 g/mol. The maximum absolute atomic E-state index is 11.6. The van der Waals surface area contributed by atoms with E-state index in [1.165, 1.54) is 7.11 Å². The summed E-state index contributed by atoms with van der Waals surface area (Å²) in [5, 5.41) is 0. The number of methoxy groups -OCH3 is 1. The number of nitrogens with zero attached hydrogens (tertiary/aromatic N) is 2. The Kier molecular flexibility index (Phi) is 5.20. The Morgan fingerprint density at radius 2 is 1.95 bits per heavy atom. The van der Waals surface area contributed by atoms with Crippen LogP contribution in [0.5, 0.6) is 0 Å². The van der Waals surface area contributed by atoms with Gasteiger partial charge < -0.3 is 14.1 Å². The van der Waals surface area contributed by atoms with Crippen molar-refractivity contribution in [1.29, 1.82) is 0 Å². The van der Waals surface area contributed by atoms with Crippen LogP contribution in [0.25, 0.3) is 0 Å². The van der Waals surface area contributed by atoms with Crippen molar-refractivity contribution in [1.82, 2.24) is 9.80 Å². The Morgan fingerprint density at radius 1 is 1.30 bits per heavy atom. The Bertz CT molecular complexity index is 434. The van der Waals surface area contributed by atoms with Gasteiger partial charge in [0.15, 0.2) is 0 Å². The highest BCUT2D eigenvalue weighted by Gasteiger charge is 2.21. The average Bonchev–Trinajstić information content (AvgIpc) is 2.87. The van der Waals surface area contributed by atoms with Crippen LogP contribution in [-0.2, 0) is 11.3 Å². The second kappa shape index (κ2) is 6.90. The van der Waals surface area contributed by atoms with Gasteiger partial charge in [-0.3, -0.25) is 4.90 Å². The molecule has 5 heteroatoms. The number of hydrogen-bond acceptors (Lipinski definition) is 5. The molecular weight excluding hydrogens is 256 g/mol. The largest absolute Gasteiger partial charge is 0.463 e. The van der Waals surface area contributed by atoms with E-state index >= 15 is 0 Å². The number of furan rings is 1. The van der Waals surface area contributed by atoms with E-state index < -0.39 is 5.97 Å². The van der Waals surface area contributed by atoms with E-state index in [2.05, 4.69) is 23.6 Å². The Morgan fingerprint density at radius 3 is 2.55 bits per heavy atom. The van der Waals surface area contributed by atoms with Crippen molar-refractivity contribution in [2.45, 2.75) is 20.4 Å². The predicted molar refractivity (Wildman–Crippen MR) is 76.6 cm³/mol. The number of carbonyl (C=O) groups is 1. The first-order valence-electron chi connectivity index (χ1n) is 7.19. The number of rotatable bonds is 5. The van der Waals surface area contributed by atoms with Gasteiger partial charge in [0.1, 0.15) is 0 Å². The number of piperazine rings is 1. The van der Waals surface area contributed by atoms with E-state index in [0.29, 0.717) is 11.7 Å². The molecule has 0 N–H and O–H groups in total. The molecule has 2 heterocycles. The summed E-state index contributed by atoms with van der Waals surface area (Å²) in [6.45, 7) is 10.6. The molecule has 5 nitrogen and oxygen atoms in total. The molecular formula is C15H24N2O3. The fraction of sp³-hybridized carbons (Fsp3) is 0.667. The van der Waals surface area contributed by atoms with Crippen LogP contribution in [0.4, 0.5) is 0 Å². The quantitative estimate of drug-likeness (QED) is 0.770. The molecule has 0 bridgehead atoms. The van der Waals surface area contributed by atoms with Crippen LogP contribution in [0, 0.1) is 5.92 Å². The van der Waals surface area contributed by atoms with E-state index in [0.717, 1.165) is 44.8 Å². The fourth-order valence-electron chi connectivity index (χ4n) is 2.62. The molecule has 2 rings (SSSR count). The van der Waals surface area contributed by atoms with Gasteiger partial charge in [-0.25, -0.2) is 4.79 Å². The summed E-state index contributed by atoms with van der Waals surface area (Å²) in [5.74, 6) is 0.641. The van der Waals surface area contributed by atoms with E-state index in [9.17, 15) is 4.79 Å². The molecule has 0 saturated carbocycles. The molecule has 1 aliphatic heterocycles. The second-order valence-corrected chi connectivity index (χ2v) is 5.74. The van der Waals surface area contributed by atoms with Gasteiger partial charge in [0.25, 0.3) is 0 Å². The third-order valence-electron chi connectivity index (χ3n) is 3.60. The lowest BCUT2D eigenvalue weighted by atomic mass is 10.1. The standard InChI is InChI=1S/C15H24N2O3/c1-12(2)10-16-5-7-17(8-6-16)11-13-4-9-20-14(13)15(18)19-3/h4,9,12H,5-8,10-11H2,1-3H3. The summed E-state index contributed by atoms with van der Waals surface area (Å²) < 4.78 is 9.95.